The van der Waals surface area contributed by atoms with Gasteiger partial charge in [-0.25, -0.2) is 0 Å². The molecule has 0 aliphatic heterocycles. The van der Waals surface area contributed by atoms with Crippen molar-refractivity contribution in [2.45, 2.75) is 0 Å². The number of ether oxygens (including phenoxy) is 3. The first-order chi connectivity index (χ1) is 11.9. The van der Waals surface area contributed by atoms with Gasteiger partial charge in [0.25, 0.3) is 5.91 Å². The van der Waals surface area contributed by atoms with E-state index in [2.05, 4.69) is 5.32 Å². The van der Waals surface area contributed by atoms with Crippen LogP contribution in [0.1, 0.15) is 10.4 Å². The molecule has 0 fully saturated rings. The van der Waals surface area contributed by atoms with Crippen LogP contribution in [0.5, 0.6) is 23.0 Å². The molecule has 25 heavy (non-hydrogen) atoms. The Hall–Kier alpha value is -3.09. The Labute approximate surface area is 146 Å². The van der Waals surface area contributed by atoms with Crippen LogP contribution < -0.4 is 19.5 Å². The van der Waals surface area contributed by atoms with Gasteiger partial charge in [0.1, 0.15) is 22.7 Å². The molecule has 7 heteroatoms. The van der Waals surface area contributed by atoms with Crippen molar-refractivity contribution in [3.05, 3.63) is 35.9 Å². The van der Waals surface area contributed by atoms with Crippen LogP contribution in [0.25, 0.3) is 0 Å². The molecule has 0 unspecified atom stereocenters. The van der Waals surface area contributed by atoms with Crippen LogP contribution in [-0.4, -0.2) is 51.3 Å². The van der Waals surface area contributed by atoms with E-state index in [0.717, 1.165) is 0 Å². The summed E-state index contributed by atoms with van der Waals surface area (Å²) in [7, 11) is 7.72. The summed E-state index contributed by atoms with van der Waals surface area (Å²) in [6, 6.07) is 8.28. The number of para-hydroxylation sites is 2. The van der Waals surface area contributed by atoms with Gasteiger partial charge in [0.2, 0.25) is 0 Å². The molecule has 2 aromatic carbocycles. The van der Waals surface area contributed by atoms with Crippen LogP contribution in [0.4, 0.5) is 11.4 Å². The summed E-state index contributed by atoms with van der Waals surface area (Å²) in [4.78, 5) is 14.2. The molecule has 0 aromatic heterocycles. The van der Waals surface area contributed by atoms with Crippen molar-refractivity contribution in [3.8, 4) is 23.0 Å². The second-order valence-corrected chi connectivity index (χ2v) is 5.41. The molecule has 2 N–H and O–H groups in total. The first-order valence-corrected chi connectivity index (χ1v) is 7.54. The number of hydrogen-bond acceptors (Lipinski definition) is 6. The van der Waals surface area contributed by atoms with E-state index in [1.54, 1.807) is 44.4 Å². The van der Waals surface area contributed by atoms with E-state index in [1.165, 1.54) is 26.2 Å². The van der Waals surface area contributed by atoms with Crippen LogP contribution in [0.2, 0.25) is 0 Å². The fraction of sp³-hybridized carbons (Fsp3) is 0.278. The van der Waals surface area contributed by atoms with Crippen molar-refractivity contribution in [2.75, 3.05) is 40.7 Å². The number of nitrogens with zero attached hydrogens (tertiary/aromatic N) is 1. The molecule has 0 radical (unpaired) electrons. The molecule has 0 atom stereocenters. The van der Waals surface area contributed by atoms with Gasteiger partial charge in [0.15, 0.2) is 11.5 Å². The number of phenols is 1. The first-order valence-electron chi connectivity index (χ1n) is 7.54. The summed E-state index contributed by atoms with van der Waals surface area (Å²) in [5, 5.41) is 13.1. The Balaban J connectivity index is 2.76. The van der Waals surface area contributed by atoms with Gasteiger partial charge in [-0.3, -0.25) is 4.79 Å². The average Bonchev–Trinajstić information content (AvgIpc) is 2.61. The Morgan fingerprint density at radius 2 is 1.68 bits per heavy atom. The fourth-order valence-electron chi connectivity index (χ4n) is 2.40. The Morgan fingerprint density at radius 1 is 1.04 bits per heavy atom. The van der Waals surface area contributed by atoms with Crippen molar-refractivity contribution in [1.82, 2.24) is 4.90 Å². The van der Waals surface area contributed by atoms with Gasteiger partial charge in [0.05, 0.1) is 27.0 Å². The van der Waals surface area contributed by atoms with Gasteiger partial charge in [-0.15, -0.1) is 0 Å². The smallest absolute Gasteiger partial charge is 0.259 e. The average molecular weight is 346 g/mol. The minimum Gasteiger partial charge on any atom is -0.506 e. The minimum absolute atomic E-state index is 0.0367. The third kappa shape index (κ3) is 3.55. The minimum atomic E-state index is -0.282. The normalized spacial score (nSPS) is 10.1. The number of hydrogen-bond donors (Lipinski definition) is 2. The Bertz CT molecular complexity index is 774. The standard InChI is InChI=1S/C18H22N2O5/c1-20(2)18(22)15-13(23-3)10-14(24-4)17(25-5)16(15)19-11-8-6-7-9-12(11)21/h6-10,19,21H,1-5H3. The lowest BCUT2D eigenvalue weighted by Crippen LogP contribution is -2.23. The highest BCUT2D eigenvalue weighted by Gasteiger charge is 2.27. The number of carbonyl (C=O) groups is 1. The molecule has 1 amide bonds. The molecule has 0 saturated carbocycles. The number of methoxy groups -OCH3 is 3. The quantitative estimate of drug-likeness (QED) is 0.783. The van der Waals surface area contributed by atoms with Gasteiger partial charge in [-0.2, -0.15) is 0 Å². The van der Waals surface area contributed by atoms with Crippen molar-refractivity contribution < 1.29 is 24.1 Å². The van der Waals surface area contributed by atoms with Crippen molar-refractivity contribution in [3.63, 3.8) is 0 Å². The zero-order valence-electron chi connectivity index (χ0n) is 14.9. The molecule has 0 aliphatic rings. The lowest BCUT2D eigenvalue weighted by Gasteiger charge is -2.22. The molecular weight excluding hydrogens is 324 g/mol. The first kappa shape index (κ1) is 18.3. The lowest BCUT2D eigenvalue weighted by atomic mass is 10.1. The fourth-order valence-corrected chi connectivity index (χ4v) is 2.40. The van der Waals surface area contributed by atoms with E-state index in [9.17, 15) is 9.90 Å². The molecule has 2 aromatic rings. The Kier molecular flexibility index (Phi) is 5.59. The lowest BCUT2D eigenvalue weighted by molar-refractivity contribution is 0.0825. The molecule has 0 heterocycles. The number of anilines is 2. The molecule has 134 valence electrons. The number of phenolic OH excluding ortho intramolecular Hbond substituents is 1. The molecular formula is C18H22N2O5. The molecule has 0 spiro atoms. The van der Waals surface area contributed by atoms with Crippen molar-refractivity contribution in [2.24, 2.45) is 0 Å². The van der Waals surface area contributed by atoms with Gasteiger partial charge in [0, 0.05) is 20.2 Å². The number of rotatable bonds is 6. The second-order valence-electron chi connectivity index (χ2n) is 5.41. The monoisotopic (exact) mass is 346 g/mol. The highest BCUT2D eigenvalue weighted by molar-refractivity contribution is 6.05. The number of carbonyl (C=O) groups excluding carboxylic acids is 1. The molecule has 0 bridgehead atoms. The van der Waals surface area contributed by atoms with Crippen LogP contribution in [0, 0.1) is 0 Å². The second kappa shape index (κ2) is 7.65. The number of benzene rings is 2. The van der Waals surface area contributed by atoms with E-state index >= 15 is 0 Å². The van der Waals surface area contributed by atoms with Gasteiger partial charge < -0.3 is 29.5 Å². The Morgan fingerprint density at radius 3 is 2.20 bits per heavy atom. The van der Waals surface area contributed by atoms with Crippen molar-refractivity contribution >= 4 is 17.3 Å². The summed E-state index contributed by atoms with van der Waals surface area (Å²) >= 11 is 0. The highest BCUT2D eigenvalue weighted by Crippen LogP contribution is 2.45. The predicted octanol–water partition coefficient (Wildman–Crippen LogP) is 2.86. The van der Waals surface area contributed by atoms with E-state index < -0.39 is 0 Å². The summed E-state index contributed by atoms with van der Waals surface area (Å²) in [6.45, 7) is 0. The maximum absolute atomic E-state index is 12.7. The largest absolute Gasteiger partial charge is 0.506 e. The maximum Gasteiger partial charge on any atom is 0.259 e. The summed E-state index contributed by atoms with van der Waals surface area (Å²) in [6.07, 6.45) is 0. The highest BCUT2D eigenvalue weighted by atomic mass is 16.5. The van der Waals surface area contributed by atoms with Gasteiger partial charge >= 0.3 is 0 Å². The van der Waals surface area contributed by atoms with Gasteiger partial charge in [-0.05, 0) is 12.1 Å². The number of aromatic hydroxyl groups is 1. The number of amides is 1. The molecule has 7 nitrogen and oxygen atoms in total. The van der Waals surface area contributed by atoms with Gasteiger partial charge in [-0.1, -0.05) is 12.1 Å². The zero-order chi connectivity index (χ0) is 18.6. The number of nitrogens with one attached hydrogen (secondary N) is 1. The maximum atomic E-state index is 12.7. The van der Waals surface area contributed by atoms with Crippen LogP contribution in [0.3, 0.4) is 0 Å². The summed E-state index contributed by atoms with van der Waals surface area (Å²) in [5.74, 6) is 0.809. The van der Waals surface area contributed by atoms with E-state index in [1.807, 2.05) is 0 Å². The van der Waals surface area contributed by atoms with Crippen LogP contribution in [-0.2, 0) is 0 Å². The van der Waals surface area contributed by atoms with Crippen molar-refractivity contribution in [1.29, 1.82) is 0 Å². The molecule has 0 aliphatic carbocycles. The molecule has 2 rings (SSSR count). The zero-order valence-corrected chi connectivity index (χ0v) is 14.9. The SMILES string of the molecule is COc1cc(OC)c(C(=O)N(C)C)c(Nc2ccccc2O)c1OC. The van der Waals surface area contributed by atoms with Crippen LogP contribution in [0.15, 0.2) is 30.3 Å². The van der Waals surface area contributed by atoms with E-state index in [0.29, 0.717) is 28.6 Å². The summed E-state index contributed by atoms with van der Waals surface area (Å²) < 4.78 is 16.2. The summed E-state index contributed by atoms with van der Waals surface area (Å²) in [5.41, 5.74) is 1.04. The van der Waals surface area contributed by atoms with Crippen LogP contribution >= 0.6 is 0 Å². The third-order valence-electron chi connectivity index (χ3n) is 3.64. The predicted molar refractivity (Wildman–Crippen MR) is 95.5 cm³/mol. The topological polar surface area (TPSA) is 80.3 Å². The van der Waals surface area contributed by atoms with E-state index in [-0.39, 0.29) is 17.2 Å². The third-order valence-corrected chi connectivity index (χ3v) is 3.64. The van der Waals surface area contributed by atoms with E-state index in [4.69, 9.17) is 14.2 Å². The molecule has 0 saturated heterocycles.